The Morgan fingerprint density at radius 1 is 1.47 bits per heavy atom. The van der Waals surface area contributed by atoms with Crippen molar-refractivity contribution in [3.63, 3.8) is 0 Å². The summed E-state index contributed by atoms with van der Waals surface area (Å²) in [6, 6.07) is 0. The van der Waals surface area contributed by atoms with Crippen molar-refractivity contribution in [2.24, 2.45) is 0 Å². The highest BCUT2D eigenvalue weighted by Gasteiger charge is 2.42. The van der Waals surface area contributed by atoms with Gasteiger partial charge in [0, 0.05) is 27.2 Å². The van der Waals surface area contributed by atoms with E-state index in [1.54, 1.807) is 6.08 Å². The van der Waals surface area contributed by atoms with Crippen molar-refractivity contribution in [1.29, 1.82) is 0 Å². The second-order valence-corrected chi connectivity index (χ2v) is 9.52. The van der Waals surface area contributed by atoms with Gasteiger partial charge in [0.15, 0.2) is 11.2 Å². The van der Waals surface area contributed by atoms with Crippen molar-refractivity contribution in [2.45, 2.75) is 24.9 Å². The summed E-state index contributed by atoms with van der Waals surface area (Å²) in [5.74, 6) is 0.168. The van der Waals surface area contributed by atoms with Gasteiger partial charge in [0.2, 0.25) is 5.95 Å². The number of ether oxygens (including phenoxy) is 1. The third kappa shape index (κ3) is 5.70. The van der Waals surface area contributed by atoms with E-state index in [2.05, 4.69) is 35.9 Å². The Hall–Kier alpha value is -1.93. The number of phosphoric acid groups is 2. The van der Waals surface area contributed by atoms with Gasteiger partial charge in [-0.25, -0.2) is 9.55 Å². The van der Waals surface area contributed by atoms with E-state index in [1.165, 1.54) is 10.9 Å². The second-order valence-electron chi connectivity index (χ2n) is 6.49. The summed E-state index contributed by atoms with van der Waals surface area (Å²) < 4.78 is 49.2. The Morgan fingerprint density at radius 2 is 2.22 bits per heavy atom. The molecule has 0 aliphatic carbocycles. The Bertz CT molecular complexity index is 1120. The molecule has 5 atom stereocenters. The molecule has 2 aromatic rings. The van der Waals surface area contributed by atoms with Crippen LogP contribution in [0.2, 0.25) is 0 Å². The lowest BCUT2D eigenvalue weighted by Gasteiger charge is -2.25. The van der Waals surface area contributed by atoms with Crippen molar-refractivity contribution >= 4 is 32.8 Å². The van der Waals surface area contributed by atoms with Gasteiger partial charge >= 0.3 is 7.82 Å². The Labute approximate surface area is 181 Å². The summed E-state index contributed by atoms with van der Waals surface area (Å²) >= 11 is 0. The fourth-order valence-electron chi connectivity index (χ4n) is 2.95. The second kappa shape index (κ2) is 9.91. The van der Waals surface area contributed by atoms with E-state index in [4.69, 9.17) is 13.8 Å². The Morgan fingerprint density at radius 3 is 2.88 bits per heavy atom. The summed E-state index contributed by atoms with van der Waals surface area (Å²) in [6.07, 6.45) is -0.251. The molecule has 3 N–H and O–H groups in total. The molecule has 0 spiro atoms. The summed E-state index contributed by atoms with van der Waals surface area (Å²) in [5.41, 5.74) is -0.309. The molecular formula is C15H22N5O10P2-. The fourth-order valence-corrected chi connectivity index (χ4v) is 4.04. The molecule has 1 fully saturated rings. The van der Waals surface area contributed by atoms with Crippen LogP contribution in [0.5, 0.6) is 0 Å². The lowest BCUT2D eigenvalue weighted by molar-refractivity contribution is -0.225. The third-order valence-corrected chi connectivity index (χ3v) is 6.37. The maximum atomic E-state index is 12.3. The van der Waals surface area contributed by atoms with Gasteiger partial charge in [-0.1, -0.05) is 6.08 Å². The van der Waals surface area contributed by atoms with Crippen LogP contribution in [0.25, 0.3) is 11.2 Å². The highest BCUT2D eigenvalue weighted by Crippen LogP contribution is 2.48. The van der Waals surface area contributed by atoms with Gasteiger partial charge in [-0.3, -0.25) is 28.0 Å². The van der Waals surface area contributed by atoms with Gasteiger partial charge in [-0.15, -0.1) is 6.58 Å². The topological polar surface area (TPSA) is 199 Å². The minimum absolute atomic E-state index is 0.0306. The monoisotopic (exact) mass is 494 g/mol. The number of fused-ring (bicyclic) bond motifs is 1. The van der Waals surface area contributed by atoms with Gasteiger partial charge in [-0.05, 0) is 0 Å². The predicted octanol–water partition coefficient (Wildman–Crippen LogP) is 0.268. The SMILES string of the molecule is C=CCNc1nc2c(ncn2[C@H]2C[C@@H](OP(=O)(O)OC)[C@@H](COP(=O)([O-])OC)O2)c(=O)[nH]1. The molecule has 2 unspecified atom stereocenters. The number of rotatable bonds is 11. The Kier molecular flexibility index (Phi) is 7.65. The molecule has 3 rings (SSSR count). The lowest BCUT2D eigenvalue weighted by atomic mass is 10.2. The number of anilines is 1. The van der Waals surface area contributed by atoms with E-state index in [-0.39, 0.29) is 23.5 Å². The van der Waals surface area contributed by atoms with Gasteiger partial charge in [0.05, 0.1) is 12.9 Å². The van der Waals surface area contributed by atoms with E-state index < -0.39 is 46.2 Å². The molecule has 15 nitrogen and oxygen atoms in total. The van der Waals surface area contributed by atoms with Crippen molar-refractivity contribution in [2.75, 3.05) is 32.7 Å². The van der Waals surface area contributed by atoms with Crippen LogP contribution in [-0.2, 0) is 32.0 Å². The summed E-state index contributed by atoms with van der Waals surface area (Å²) in [6.45, 7) is 3.35. The molecule has 1 saturated heterocycles. The average molecular weight is 494 g/mol. The van der Waals surface area contributed by atoms with Crippen LogP contribution in [0, 0.1) is 0 Å². The molecule has 0 aromatic carbocycles. The molecule has 1 aliphatic rings. The highest BCUT2D eigenvalue weighted by molar-refractivity contribution is 7.47. The van der Waals surface area contributed by atoms with Gasteiger partial charge in [0.25, 0.3) is 13.4 Å². The van der Waals surface area contributed by atoms with Gasteiger partial charge in [-0.2, -0.15) is 4.98 Å². The van der Waals surface area contributed by atoms with E-state index in [9.17, 15) is 23.7 Å². The van der Waals surface area contributed by atoms with Crippen molar-refractivity contribution in [3.05, 3.63) is 29.3 Å². The van der Waals surface area contributed by atoms with Crippen molar-refractivity contribution in [1.82, 2.24) is 19.5 Å². The minimum atomic E-state index is -4.60. The molecular weight excluding hydrogens is 472 g/mol. The number of hydrogen-bond acceptors (Lipinski definition) is 12. The van der Waals surface area contributed by atoms with Crippen LogP contribution in [0.3, 0.4) is 0 Å². The highest BCUT2D eigenvalue weighted by atomic mass is 31.2. The van der Waals surface area contributed by atoms with E-state index in [0.29, 0.717) is 6.54 Å². The molecule has 0 saturated carbocycles. The van der Waals surface area contributed by atoms with Crippen LogP contribution >= 0.6 is 15.6 Å². The number of imidazole rings is 1. The predicted molar refractivity (Wildman–Crippen MR) is 108 cm³/mol. The first-order chi connectivity index (χ1) is 15.1. The normalized spacial score (nSPS) is 24.8. The number of nitrogens with zero attached hydrogens (tertiary/aromatic N) is 3. The number of nitrogens with one attached hydrogen (secondary N) is 2. The molecule has 178 valence electrons. The zero-order valence-corrected chi connectivity index (χ0v) is 18.9. The smallest absolute Gasteiger partial charge is 0.472 e. The minimum Gasteiger partial charge on any atom is -0.756 e. The molecule has 17 heteroatoms. The van der Waals surface area contributed by atoms with Crippen LogP contribution in [0.15, 0.2) is 23.8 Å². The van der Waals surface area contributed by atoms with Crippen molar-refractivity contribution in [3.8, 4) is 0 Å². The first-order valence-electron chi connectivity index (χ1n) is 9.14. The maximum Gasteiger partial charge on any atom is 0.472 e. The molecule has 0 radical (unpaired) electrons. The largest absolute Gasteiger partial charge is 0.756 e. The molecule has 0 bridgehead atoms. The molecule has 32 heavy (non-hydrogen) atoms. The van der Waals surface area contributed by atoms with E-state index >= 15 is 0 Å². The molecule has 1 aliphatic heterocycles. The van der Waals surface area contributed by atoms with Crippen molar-refractivity contribution < 1.29 is 41.7 Å². The molecule has 0 amide bonds. The number of phosphoric ester groups is 2. The summed E-state index contributed by atoms with van der Waals surface area (Å²) in [7, 11) is -7.13. The molecule has 3 heterocycles. The van der Waals surface area contributed by atoms with Crippen LogP contribution in [0.4, 0.5) is 5.95 Å². The van der Waals surface area contributed by atoms with Gasteiger partial charge in [0.1, 0.15) is 18.4 Å². The number of hydrogen-bond donors (Lipinski definition) is 3. The van der Waals surface area contributed by atoms with Crippen LogP contribution < -0.4 is 15.8 Å². The average Bonchev–Trinajstić information content (AvgIpc) is 3.34. The molecule has 2 aromatic heterocycles. The summed E-state index contributed by atoms with van der Waals surface area (Å²) in [5, 5.41) is 2.86. The maximum absolute atomic E-state index is 12.3. The number of H-pyrrole nitrogens is 1. The number of aromatic nitrogens is 4. The van der Waals surface area contributed by atoms with E-state index in [0.717, 1.165) is 14.2 Å². The lowest BCUT2D eigenvalue weighted by Crippen LogP contribution is -2.29. The summed E-state index contributed by atoms with van der Waals surface area (Å²) in [4.78, 5) is 44.4. The number of aromatic amines is 1. The zero-order valence-electron chi connectivity index (χ0n) is 17.1. The quantitative estimate of drug-likeness (QED) is 0.284. The first-order valence-corrected chi connectivity index (χ1v) is 12.1. The third-order valence-electron chi connectivity index (χ3n) is 4.46. The van der Waals surface area contributed by atoms with Gasteiger partial charge < -0.3 is 28.9 Å². The van der Waals surface area contributed by atoms with Crippen LogP contribution in [-0.4, -0.2) is 64.0 Å². The zero-order chi connectivity index (χ0) is 23.5. The van der Waals surface area contributed by atoms with Crippen LogP contribution in [0.1, 0.15) is 12.6 Å². The standard InChI is InChI=1S/C15H23N5O10P2/c1-4-5-16-15-18-13-12(14(21)19-15)17-8-20(13)11-6-9(30-32(24,25)27-3)10(29-11)7-28-31(22,23)26-2/h4,8-11H,1,5-7H2,2-3H3,(H,22,23)(H,24,25)(H2,16,18,19,21)/p-1/t9-,10-,11-/m1/s1. The Balaban J connectivity index is 1.90. The fraction of sp³-hybridized carbons (Fsp3) is 0.533. The van der Waals surface area contributed by atoms with E-state index in [1.807, 2.05) is 0 Å². The first kappa shape index (κ1) is 24.7.